The van der Waals surface area contributed by atoms with E-state index in [1.54, 1.807) is 0 Å². The molecule has 0 aliphatic rings. The lowest BCUT2D eigenvalue weighted by atomic mass is 10.1. The van der Waals surface area contributed by atoms with Gasteiger partial charge in [0.2, 0.25) is 0 Å². The van der Waals surface area contributed by atoms with Crippen molar-refractivity contribution in [3.05, 3.63) is 88.6 Å². The zero-order chi connectivity index (χ0) is 21.3. The van der Waals surface area contributed by atoms with Gasteiger partial charge in [-0.3, -0.25) is 4.79 Å². The Morgan fingerprint density at radius 1 is 1.03 bits per heavy atom. The van der Waals surface area contributed by atoms with Crippen molar-refractivity contribution in [1.29, 1.82) is 0 Å². The molecule has 152 valence electrons. The summed E-state index contributed by atoms with van der Waals surface area (Å²) in [5, 5.41) is 2.84. The Morgan fingerprint density at radius 3 is 2.40 bits per heavy atom. The molecule has 2 aromatic carbocycles. The molecule has 0 radical (unpaired) electrons. The van der Waals surface area contributed by atoms with Crippen molar-refractivity contribution in [3.8, 4) is 0 Å². The van der Waals surface area contributed by atoms with Crippen LogP contribution in [0, 0.1) is 19.7 Å². The molecule has 0 saturated heterocycles. The molecule has 0 bridgehead atoms. The van der Waals surface area contributed by atoms with Gasteiger partial charge in [0, 0.05) is 23.4 Å². The molecule has 0 atom stereocenters. The second-order valence-corrected chi connectivity index (χ2v) is 7.38. The van der Waals surface area contributed by atoms with Crippen LogP contribution >= 0.6 is 0 Å². The normalized spacial score (nSPS) is 11.1. The molecule has 6 heteroatoms. The number of imidazole rings is 1. The monoisotopic (exact) mass is 402 g/mol. The van der Waals surface area contributed by atoms with E-state index in [2.05, 4.69) is 29.8 Å². The van der Waals surface area contributed by atoms with Gasteiger partial charge in [-0.05, 0) is 67.4 Å². The summed E-state index contributed by atoms with van der Waals surface area (Å²) in [5.74, 6) is 0.362. The van der Waals surface area contributed by atoms with E-state index in [-0.39, 0.29) is 11.7 Å². The topological polar surface area (TPSA) is 59.8 Å². The van der Waals surface area contributed by atoms with Gasteiger partial charge >= 0.3 is 0 Å². The highest BCUT2D eigenvalue weighted by atomic mass is 19.1. The minimum absolute atomic E-state index is 0.272. The van der Waals surface area contributed by atoms with Crippen LogP contribution in [-0.2, 0) is 13.0 Å². The fourth-order valence-corrected chi connectivity index (χ4v) is 3.56. The summed E-state index contributed by atoms with van der Waals surface area (Å²) in [6.07, 6.45) is 0.820. The minimum Gasteiger partial charge on any atom is -0.322 e. The molecule has 0 spiro atoms. The Bertz CT molecular complexity index is 1210. The van der Waals surface area contributed by atoms with Crippen LogP contribution < -0.4 is 5.32 Å². The predicted molar refractivity (Wildman–Crippen MR) is 116 cm³/mol. The maximum absolute atomic E-state index is 13.0. The third kappa shape index (κ3) is 3.94. The Kier molecular flexibility index (Phi) is 5.31. The molecule has 0 aliphatic carbocycles. The molecule has 2 heterocycles. The highest BCUT2D eigenvalue weighted by molar-refractivity contribution is 6.04. The third-order valence-corrected chi connectivity index (χ3v) is 5.08. The zero-order valence-corrected chi connectivity index (χ0v) is 17.2. The molecule has 0 fully saturated rings. The quantitative estimate of drug-likeness (QED) is 0.508. The highest BCUT2D eigenvalue weighted by Crippen LogP contribution is 2.21. The Hall–Kier alpha value is -3.54. The van der Waals surface area contributed by atoms with Gasteiger partial charge in [-0.25, -0.2) is 14.4 Å². The Morgan fingerprint density at radius 2 is 1.73 bits per heavy atom. The van der Waals surface area contributed by atoms with E-state index >= 15 is 0 Å². The van der Waals surface area contributed by atoms with Gasteiger partial charge in [-0.2, -0.15) is 0 Å². The molecule has 0 unspecified atom stereocenters. The van der Waals surface area contributed by atoms with Crippen molar-refractivity contribution in [2.45, 2.75) is 33.7 Å². The standard InChI is InChI=1S/C24H23FN4O/c1-4-21-28-22-15(2)13-16(3)26-23(22)29(21)14-17-5-11-20(12-6-17)27-24(30)18-7-9-19(25)10-8-18/h5-13H,4,14H2,1-3H3,(H,27,30). The Labute approximate surface area is 174 Å². The highest BCUT2D eigenvalue weighted by Gasteiger charge is 2.14. The number of benzene rings is 2. The van der Waals surface area contributed by atoms with E-state index in [0.29, 0.717) is 17.8 Å². The third-order valence-electron chi connectivity index (χ3n) is 5.08. The molecule has 0 saturated carbocycles. The number of hydrogen-bond donors (Lipinski definition) is 1. The fourth-order valence-electron chi connectivity index (χ4n) is 3.56. The number of aryl methyl sites for hydroxylation is 3. The summed E-state index contributed by atoms with van der Waals surface area (Å²) in [6.45, 7) is 6.80. The summed E-state index contributed by atoms with van der Waals surface area (Å²) in [4.78, 5) is 21.8. The first-order valence-electron chi connectivity index (χ1n) is 9.94. The number of anilines is 1. The summed E-state index contributed by atoms with van der Waals surface area (Å²) in [5.41, 5.74) is 6.13. The molecule has 2 aromatic heterocycles. The second kappa shape index (κ2) is 8.06. The van der Waals surface area contributed by atoms with Crippen LogP contribution in [-0.4, -0.2) is 20.4 Å². The van der Waals surface area contributed by atoms with Crippen LogP contribution in [0.25, 0.3) is 11.2 Å². The molecule has 5 nitrogen and oxygen atoms in total. The van der Waals surface area contributed by atoms with Gasteiger partial charge in [0.15, 0.2) is 5.65 Å². The largest absolute Gasteiger partial charge is 0.322 e. The molecule has 1 amide bonds. The average molecular weight is 402 g/mol. The summed E-state index contributed by atoms with van der Waals surface area (Å²) < 4.78 is 15.2. The number of hydrogen-bond acceptors (Lipinski definition) is 3. The number of fused-ring (bicyclic) bond motifs is 1. The van der Waals surface area contributed by atoms with Crippen LogP contribution in [0.3, 0.4) is 0 Å². The van der Waals surface area contributed by atoms with Gasteiger partial charge in [0.25, 0.3) is 5.91 Å². The van der Waals surface area contributed by atoms with E-state index in [1.165, 1.54) is 24.3 Å². The number of nitrogens with zero attached hydrogens (tertiary/aromatic N) is 3. The average Bonchev–Trinajstić information content (AvgIpc) is 3.07. The summed E-state index contributed by atoms with van der Waals surface area (Å²) in [7, 11) is 0. The molecule has 0 aliphatic heterocycles. The van der Waals surface area contributed by atoms with Gasteiger partial charge in [0.1, 0.15) is 17.2 Å². The molecular formula is C24H23FN4O. The molecule has 4 aromatic rings. The van der Waals surface area contributed by atoms with Crippen molar-refractivity contribution < 1.29 is 9.18 Å². The number of nitrogens with one attached hydrogen (secondary N) is 1. The van der Waals surface area contributed by atoms with Crippen LogP contribution in [0.1, 0.15) is 39.9 Å². The maximum atomic E-state index is 13.0. The molecule has 1 N–H and O–H groups in total. The van der Waals surface area contributed by atoms with Gasteiger partial charge in [0.05, 0.1) is 6.54 Å². The van der Waals surface area contributed by atoms with E-state index in [4.69, 9.17) is 9.97 Å². The van der Waals surface area contributed by atoms with Crippen LogP contribution in [0.15, 0.2) is 54.6 Å². The van der Waals surface area contributed by atoms with Crippen LogP contribution in [0.2, 0.25) is 0 Å². The van der Waals surface area contributed by atoms with Crippen LogP contribution in [0.5, 0.6) is 0 Å². The van der Waals surface area contributed by atoms with E-state index in [1.807, 2.05) is 31.2 Å². The lowest BCUT2D eigenvalue weighted by molar-refractivity contribution is 0.102. The number of halogens is 1. The molecular weight excluding hydrogens is 379 g/mol. The number of carbonyl (C=O) groups is 1. The van der Waals surface area contributed by atoms with Crippen molar-refractivity contribution in [2.75, 3.05) is 5.32 Å². The second-order valence-electron chi connectivity index (χ2n) is 7.38. The first-order chi connectivity index (χ1) is 14.4. The van der Waals surface area contributed by atoms with Crippen molar-refractivity contribution in [2.24, 2.45) is 0 Å². The van der Waals surface area contributed by atoms with E-state index in [9.17, 15) is 9.18 Å². The predicted octanol–water partition coefficient (Wildman–Crippen LogP) is 5.05. The molecule has 4 rings (SSSR count). The van der Waals surface area contributed by atoms with Gasteiger partial charge in [-0.1, -0.05) is 19.1 Å². The van der Waals surface area contributed by atoms with Crippen molar-refractivity contribution in [3.63, 3.8) is 0 Å². The summed E-state index contributed by atoms with van der Waals surface area (Å²) >= 11 is 0. The lowest BCUT2D eigenvalue weighted by Gasteiger charge is -2.10. The number of aromatic nitrogens is 3. The smallest absolute Gasteiger partial charge is 0.255 e. The first-order valence-corrected chi connectivity index (χ1v) is 9.94. The van der Waals surface area contributed by atoms with Gasteiger partial charge < -0.3 is 9.88 Å². The summed E-state index contributed by atoms with van der Waals surface area (Å²) in [6, 6.07) is 15.2. The zero-order valence-electron chi connectivity index (χ0n) is 17.2. The van der Waals surface area contributed by atoms with E-state index < -0.39 is 0 Å². The number of amides is 1. The molecule has 30 heavy (non-hydrogen) atoms. The first kappa shape index (κ1) is 19.8. The number of rotatable bonds is 5. The lowest BCUT2D eigenvalue weighted by Crippen LogP contribution is -2.12. The fraction of sp³-hybridized carbons (Fsp3) is 0.208. The van der Waals surface area contributed by atoms with Gasteiger partial charge in [-0.15, -0.1) is 0 Å². The van der Waals surface area contributed by atoms with E-state index in [0.717, 1.165) is 40.2 Å². The van der Waals surface area contributed by atoms with Crippen molar-refractivity contribution >= 4 is 22.8 Å². The Balaban J connectivity index is 1.55. The SMILES string of the molecule is CCc1nc2c(C)cc(C)nc2n1Cc1ccc(NC(=O)c2ccc(F)cc2)cc1. The maximum Gasteiger partial charge on any atom is 0.255 e. The van der Waals surface area contributed by atoms with Crippen molar-refractivity contribution in [1.82, 2.24) is 14.5 Å². The number of carbonyl (C=O) groups excluding carboxylic acids is 1. The number of pyridine rings is 1. The minimum atomic E-state index is -0.366. The van der Waals surface area contributed by atoms with Crippen LogP contribution in [0.4, 0.5) is 10.1 Å².